The van der Waals surface area contributed by atoms with Gasteiger partial charge in [0, 0.05) is 36.0 Å². The predicted octanol–water partition coefficient (Wildman–Crippen LogP) is 5.16. The topological polar surface area (TPSA) is 58.1 Å². The summed E-state index contributed by atoms with van der Waals surface area (Å²) < 4.78 is 14.5. The molecule has 6 heteroatoms. The summed E-state index contributed by atoms with van der Waals surface area (Å²) in [5.74, 6) is 0.473. The quantitative estimate of drug-likeness (QED) is 0.636. The lowest BCUT2D eigenvalue weighted by atomic mass is 10.00. The molecule has 0 saturated heterocycles. The molecule has 0 bridgehead atoms. The Bertz CT molecular complexity index is 1100. The van der Waals surface area contributed by atoms with Crippen LogP contribution in [0.1, 0.15) is 46.1 Å². The van der Waals surface area contributed by atoms with Crippen molar-refractivity contribution in [1.82, 2.24) is 14.9 Å². The van der Waals surface area contributed by atoms with E-state index in [4.69, 9.17) is 0 Å². The van der Waals surface area contributed by atoms with Crippen LogP contribution in [0, 0.1) is 5.82 Å². The van der Waals surface area contributed by atoms with Gasteiger partial charge in [-0.2, -0.15) is 0 Å². The Kier molecular flexibility index (Phi) is 5.18. The maximum absolute atomic E-state index is 14.5. The van der Waals surface area contributed by atoms with Crippen LogP contribution in [0.25, 0.3) is 22.0 Å². The normalized spacial score (nSPS) is 14.0. The number of carbonyl (C=O) groups excluding carboxylic acids is 1. The van der Waals surface area contributed by atoms with E-state index in [2.05, 4.69) is 36.1 Å². The molecule has 1 aromatic heterocycles. The second kappa shape index (κ2) is 7.67. The molecule has 1 aliphatic rings. The van der Waals surface area contributed by atoms with E-state index in [1.165, 1.54) is 6.07 Å². The monoisotopic (exact) mass is 406 g/mol. The molecule has 1 aliphatic carbocycles. The summed E-state index contributed by atoms with van der Waals surface area (Å²) in [5, 5.41) is 4.34. The van der Waals surface area contributed by atoms with Gasteiger partial charge in [-0.05, 0) is 69.0 Å². The summed E-state index contributed by atoms with van der Waals surface area (Å²) in [6.07, 6.45) is 3.55. The van der Waals surface area contributed by atoms with E-state index in [0.717, 1.165) is 40.7 Å². The number of anilines is 1. The van der Waals surface area contributed by atoms with E-state index in [0.29, 0.717) is 12.1 Å². The molecule has 1 amide bonds. The van der Waals surface area contributed by atoms with E-state index >= 15 is 0 Å². The molecule has 0 atom stereocenters. The van der Waals surface area contributed by atoms with E-state index in [1.807, 2.05) is 24.3 Å². The van der Waals surface area contributed by atoms with Gasteiger partial charge in [0.2, 0.25) is 5.91 Å². The summed E-state index contributed by atoms with van der Waals surface area (Å²) in [6, 6.07) is 11.3. The largest absolute Gasteiger partial charge is 0.365 e. The number of rotatable bonds is 5. The Morgan fingerprint density at radius 2 is 1.83 bits per heavy atom. The van der Waals surface area contributed by atoms with Gasteiger partial charge in [-0.3, -0.25) is 4.79 Å². The molecule has 0 aliphatic heterocycles. The summed E-state index contributed by atoms with van der Waals surface area (Å²) in [7, 11) is 0. The number of carbonyl (C=O) groups is 1. The van der Waals surface area contributed by atoms with Crippen LogP contribution in [-0.4, -0.2) is 32.4 Å². The third kappa shape index (κ3) is 4.42. The van der Waals surface area contributed by atoms with Crippen molar-refractivity contribution in [2.24, 2.45) is 0 Å². The lowest BCUT2D eigenvalue weighted by Gasteiger charge is -2.22. The maximum atomic E-state index is 14.5. The average Bonchev–Trinajstić information content (AvgIpc) is 3.51. The third-order valence-corrected chi connectivity index (χ3v) is 5.24. The number of hydrogen-bond donors (Lipinski definition) is 1. The summed E-state index contributed by atoms with van der Waals surface area (Å²) in [4.78, 5) is 22.5. The molecule has 1 fully saturated rings. The Morgan fingerprint density at radius 3 is 2.50 bits per heavy atom. The first-order valence-electron chi connectivity index (χ1n) is 10.3. The molecule has 156 valence electrons. The highest BCUT2D eigenvalue weighted by atomic mass is 19.1. The van der Waals surface area contributed by atoms with E-state index in [-0.39, 0.29) is 23.3 Å². The highest BCUT2D eigenvalue weighted by Crippen LogP contribution is 2.32. The van der Waals surface area contributed by atoms with Crippen LogP contribution in [0.2, 0.25) is 0 Å². The van der Waals surface area contributed by atoms with Gasteiger partial charge in [0.1, 0.15) is 18.0 Å². The molecular formula is C24H27FN4O. The van der Waals surface area contributed by atoms with Crippen LogP contribution in [0.3, 0.4) is 0 Å². The fraction of sp³-hybridized carbons (Fsp3) is 0.375. The Morgan fingerprint density at radius 1 is 1.13 bits per heavy atom. The zero-order chi connectivity index (χ0) is 21.5. The van der Waals surface area contributed by atoms with E-state index in [1.54, 1.807) is 24.2 Å². The van der Waals surface area contributed by atoms with E-state index < -0.39 is 0 Å². The Labute approximate surface area is 176 Å². The molecule has 2 aromatic carbocycles. The molecule has 30 heavy (non-hydrogen) atoms. The molecule has 5 nitrogen and oxygen atoms in total. The lowest BCUT2D eigenvalue weighted by Crippen LogP contribution is -2.30. The Balaban J connectivity index is 1.71. The number of amides is 1. The minimum atomic E-state index is -0.287. The van der Waals surface area contributed by atoms with Crippen molar-refractivity contribution in [2.75, 3.05) is 5.32 Å². The van der Waals surface area contributed by atoms with Crippen molar-refractivity contribution in [1.29, 1.82) is 0 Å². The Hall–Kier alpha value is -3.02. The van der Waals surface area contributed by atoms with Gasteiger partial charge in [0.15, 0.2) is 0 Å². The number of halogens is 1. The molecule has 1 heterocycles. The first kappa shape index (κ1) is 20.3. The zero-order valence-electron chi connectivity index (χ0n) is 17.9. The smallest absolute Gasteiger partial charge is 0.219 e. The molecule has 0 unspecified atom stereocenters. The van der Waals surface area contributed by atoms with Crippen molar-refractivity contribution in [3.8, 4) is 11.1 Å². The fourth-order valence-electron chi connectivity index (χ4n) is 3.63. The number of nitrogens with zero attached hydrogens (tertiary/aromatic N) is 3. The summed E-state index contributed by atoms with van der Waals surface area (Å²) in [6.45, 7) is 8.09. The van der Waals surface area contributed by atoms with Gasteiger partial charge >= 0.3 is 0 Å². The maximum Gasteiger partial charge on any atom is 0.219 e. The minimum Gasteiger partial charge on any atom is -0.365 e. The molecule has 0 radical (unpaired) electrons. The van der Waals surface area contributed by atoms with Crippen LogP contribution in [-0.2, 0) is 11.3 Å². The second-order valence-electron chi connectivity index (χ2n) is 9.01. The first-order valence-corrected chi connectivity index (χ1v) is 10.3. The lowest BCUT2D eigenvalue weighted by molar-refractivity contribution is -0.130. The van der Waals surface area contributed by atoms with Crippen LogP contribution < -0.4 is 5.32 Å². The molecule has 0 spiro atoms. The molecular weight excluding hydrogens is 379 g/mol. The molecule has 1 N–H and O–H groups in total. The van der Waals surface area contributed by atoms with Crippen LogP contribution in [0.4, 0.5) is 10.2 Å². The number of benzene rings is 2. The van der Waals surface area contributed by atoms with Crippen molar-refractivity contribution in [3.63, 3.8) is 0 Å². The number of aromatic nitrogens is 2. The molecule has 1 saturated carbocycles. The van der Waals surface area contributed by atoms with Gasteiger partial charge in [0.05, 0.1) is 5.52 Å². The van der Waals surface area contributed by atoms with Crippen molar-refractivity contribution < 1.29 is 9.18 Å². The standard InChI is InChI=1S/C24H27FN4O/c1-15(30)29(19-7-8-19)13-18-11-16(5-9-21(18)25)17-6-10-22-20(12-17)23(27-14-26-22)28-24(2,3)4/h5-6,9-12,14,19H,7-8,13H2,1-4H3,(H,26,27,28). The van der Waals surface area contributed by atoms with Crippen molar-refractivity contribution in [3.05, 3.63) is 54.1 Å². The first-order chi connectivity index (χ1) is 14.2. The van der Waals surface area contributed by atoms with Gasteiger partial charge in [-0.15, -0.1) is 0 Å². The van der Waals surface area contributed by atoms with Gasteiger partial charge in [-0.25, -0.2) is 14.4 Å². The van der Waals surface area contributed by atoms with Gasteiger partial charge in [0.25, 0.3) is 0 Å². The number of fused-ring (bicyclic) bond motifs is 1. The van der Waals surface area contributed by atoms with Crippen LogP contribution in [0.5, 0.6) is 0 Å². The predicted molar refractivity (Wildman–Crippen MR) is 118 cm³/mol. The third-order valence-electron chi connectivity index (χ3n) is 5.24. The summed E-state index contributed by atoms with van der Waals surface area (Å²) in [5.41, 5.74) is 3.10. The van der Waals surface area contributed by atoms with Crippen LogP contribution in [0.15, 0.2) is 42.7 Å². The SMILES string of the molecule is CC(=O)N(Cc1cc(-c2ccc3ncnc(NC(C)(C)C)c3c2)ccc1F)C1CC1. The number of nitrogens with one attached hydrogen (secondary N) is 1. The fourth-order valence-corrected chi connectivity index (χ4v) is 3.63. The highest BCUT2D eigenvalue weighted by molar-refractivity contribution is 5.92. The molecule has 4 rings (SSSR count). The minimum absolute atomic E-state index is 0.0111. The van der Waals surface area contributed by atoms with Gasteiger partial charge in [-0.1, -0.05) is 12.1 Å². The van der Waals surface area contributed by atoms with Crippen molar-refractivity contribution >= 4 is 22.6 Å². The average molecular weight is 407 g/mol. The van der Waals surface area contributed by atoms with E-state index in [9.17, 15) is 9.18 Å². The van der Waals surface area contributed by atoms with Crippen molar-refractivity contribution in [2.45, 2.75) is 58.7 Å². The molecule has 3 aromatic rings. The van der Waals surface area contributed by atoms with Gasteiger partial charge < -0.3 is 10.2 Å². The van der Waals surface area contributed by atoms with Crippen LogP contribution >= 0.6 is 0 Å². The summed E-state index contributed by atoms with van der Waals surface area (Å²) >= 11 is 0. The second-order valence-corrected chi connectivity index (χ2v) is 9.01. The highest BCUT2D eigenvalue weighted by Gasteiger charge is 2.31. The number of hydrogen-bond acceptors (Lipinski definition) is 4. The zero-order valence-corrected chi connectivity index (χ0v) is 17.9.